The first-order valence-electron chi connectivity index (χ1n) is 8.66. The van der Waals surface area contributed by atoms with Gasteiger partial charge in [0.25, 0.3) is 0 Å². The van der Waals surface area contributed by atoms with E-state index in [-0.39, 0.29) is 11.7 Å². The number of anilines is 1. The Labute approximate surface area is 159 Å². The molecule has 7 heteroatoms. The van der Waals surface area contributed by atoms with Crippen LogP contribution in [-0.2, 0) is 17.6 Å². The summed E-state index contributed by atoms with van der Waals surface area (Å²) in [6, 6.07) is 10.1. The van der Waals surface area contributed by atoms with Crippen LogP contribution in [0.1, 0.15) is 35.3 Å². The topological polar surface area (TPSA) is 81.6 Å². The molecule has 2 aromatic heterocycles. The second-order valence-corrected chi connectivity index (χ2v) is 8.35. The van der Waals surface area contributed by atoms with Gasteiger partial charge in [0.2, 0.25) is 5.91 Å². The molecule has 1 aliphatic rings. The molecule has 1 aliphatic carbocycles. The van der Waals surface area contributed by atoms with Crippen molar-refractivity contribution >= 4 is 45.0 Å². The molecular formula is C19H18N4OS2. The number of rotatable bonds is 4. The number of para-hydroxylation sites is 2. The maximum atomic E-state index is 12.4. The summed E-state index contributed by atoms with van der Waals surface area (Å²) in [7, 11) is 0. The number of H-pyrrole nitrogens is 1. The number of nitrogens with zero attached hydrogens (tertiary/aromatic N) is 2. The van der Waals surface area contributed by atoms with E-state index in [4.69, 9.17) is 0 Å². The molecule has 0 saturated carbocycles. The number of nitriles is 1. The van der Waals surface area contributed by atoms with Crippen molar-refractivity contribution in [2.24, 2.45) is 0 Å². The van der Waals surface area contributed by atoms with Crippen LogP contribution in [0.3, 0.4) is 0 Å². The zero-order valence-corrected chi connectivity index (χ0v) is 15.8. The Morgan fingerprint density at radius 1 is 1.31 bits per heavy atom. The summed E-state index contributed by atoms with van der Waals surface area (Å²) < 4.78 is 0. The summed E-state index contributed by atoms with van der Waals surface area (Å²) in [5.41, 5.74) is 3.66. The van der Waals surface area contributed by atoms with Gasteiger partial charge in [-0.25, -0.2) is 4.98 Å². The Hall–Kier alpha value is -2.30. The van der Waals surface area contributed by atoms with Gasteiger partial charge in [0.15, 0.2) is 5.16 Å². The minimum Gasteiger partial charge on any atom is -0.333 e. The summed E-state index contributed by atoms with van der Waals surface area (Å²) in [6.07, 6.45) is 5.44. The predicted octanol–water partition coefficient (Wildman–Crippen LogP) is 4.50. The molecule has 0 saturated heterocycles. The number of aromatic amines is 1. The first-order chi connectivity index (χ1) is 12.7. The van der Waals surface area contributed by atoms with Crippen LogP contribution >= 0.6 is 23.1 Å². The summed E-state index contributed by atoms with van der Waals surface area (Å²) in [5, 5.41) is 13.9. The normalized spacial score (nSPS) is 13.8. The van der Waals surface area contributed by atoms with Crippen LogP contribution in [0.4, 0.5) is 5.00 Å². The molecule has 4 rings (SSSR count). The molecule has 2 N–H and O–H groups in total. The second-order valence-electron chi connectivity index (χ2n) is 6.28. The molecule has 0 radical (unpaired) electrons. The number of imidazole rings is 1. The van der Waals surface area contributed by atoms with Crippen molar-refractivity contribution in [2.75, 3.05) is 11.1 Å². The fraction of sp³-hybridized carbons (Fsp3) is 0.316. The fourth-order valence-corrected chi connectivity index (χ4v) is 5.18. The fourth-order valence-electron chi connectivity index (χ4n) is 3.24. The third-order valence-electron chi connectivity index (χ3n) is 4.49. The second kappa shape index (κ2) is 7.52. The van der Waals surface area contributed by atoms with E-state index in [1.54, 1.807) is 11.3 Å². The van der Waals surface area contributed by atoms with Gasteiger partial charge < -0.3 is 10.3 Å². The van der Waals surface area contributed by atoms with Gasteiger partial charge >= 0.3 is 0 Å². The lowest BCUT2D eigenvalue weighted by Crippen LogP contribution is -2.14. The number of hydrogen-bond acceptors (Lipinski definition) is 5. The largest absolute Gasteiger partial charge is 0.333 e. The maximum Gasteiger partial charge on any atom is 0.235 e. The number of hydrogen-bond donors (Lipinski definition) is 2. The molecule has 3 aromatic rings. The number of benzene rings is 1. The Bertz CT molecular complexity index is 966. The zero-order valence-electron chi connectivity index (χ0n) is 14.2. The summed E-state index contributed by atoms with van der Waals surface area (Å²) in [4.78, 5) is 21.3. The van der Waals surface area contributed by atoms with E-state index in [9.17, 15) is 10.1 Å². The summed E-state index contributed by atoms with van der Waals surface area (Å²) >= 11 is 2.93. The van der Waals surface area contributed by atoms with Crippen molar-refractivity contribution in [3.63, 3.8) is 0 Å². The van der Waals surface area contributed by atoms with Crippen molar-refractivity contribution in [1.29, 1.82) is 5.26 Å². The molecule has 1 amide bonds. The highest BCUT2D eigenvalue weighted by Crippen LogP contribution is 2.37. The third kappa shape index (κ3) is 3.48. The lowest BCUT2D eigenvalue weighted by Gasteiger charge is -2.03. The number of amides is 1. The number of carbonyl (C=O) groups excluding carboxylic acids is 1. The molecule has 26 heavy (non-hydrogen) atoms. The van der Waals surface area contributed by atoms with E-state index in [2.05, 4.69) is 21.4 Å². The molecule has 0 bridgehead atoms. The van der Waals surface area contributed by atoms with Gasteiger partial charge in [-0.3, -0.25) is 4.79 Å². The van der Waals surface area contributed by atoms with Gasteiger partial charge in [-0.15, -0.1) is 11.3 Å². The van der Waals surface area contributed by atoms with E-state index in [1.807, 2.05) is 24.3 Å². The van der Waals surface area contributed by atoms with Crippen molar-refractivity contribution in [2.45, 2.75) is 37.3 Å². The van der Waals surface area contributed by atoms with Gasteiger partial charge in [0, 0.05) is 4.88 Å². The Morgan fingerprint density at radius 3 is 3.00 bits per heavy atom. The van der Waals surface area contributed by atoms with Crippen molar-refractivity contribution in [3.8, 4) is 6.07 Å². The average Bonchev–Trinajstić information content (AvgIpc) is 3.12. The number of nitrogens with one attached hydrogen (secondary N) is 2. The minimum absolute atomic E-state index is 0.108. The Kier molecular flexibility index (Phi) is 4.96. The molecule has 0 atom stereocenters. The predicted molar refractivity (Wildman–Crippen MR) is 106 cm³/mol. The van der Waals surface area contributed by atoms with E-state index < -0.39 is 0 Å². The van der Waals surface area contributed by atoms with Gasteiger partial charge in [-0.1, -0.05) is 30.3 Å². The smallest absolute Gasteiger partial charge is 0.235 e. The van der Waals surface area contributed by atoms with Crippen molar-refractivity contribution < 1.29 is 4.79 Å². The Balaban J connectivity index is 1.44. The van der Waals surface area contributed by atoms with Gasteiger partial charge in [0.1, 0.15) is 11.1 Å². The van der Waals surface area contributed by atoms with Gasteiger partial charge in [-0.05, 0) is 43.4 Å². The number of aromatic nitrogens is 2. The average molecular weight is 383 g/mol. The van der Waals surface area contributed by atoms with E-state index >= 15 is 0 Å². The monoisotopic (exact) mass is 382 g/mol. The van der Waals surface area contributed by atoms with Crippen LogP contribution in [-0.4, -0.2) is 21.6 Å². The minimum atomic E-state index is -0.108. The van der Waals surface area contributed by atoms with Gasteiger partial charge in [0.05, 0.1) is 22.3 Å². The molecule has 1 aromatic carbocycles. The van der Waals surface area contributed by atoms with E-state index in [1.165, 1.54) is 23.1 Å². The van der Waals surface area contributed by atoms with Crippen LogP contribution in [0, 0.1) is 11.3 Å². The number of fused-ring (bicyclic) bond motifs is 2. The summed E-state index contributed by atoms with van der Waals surface area (Å²) in [6.45, 7) is 0. The quantitative estimate of drug-likeness (QED) is 0.514. The number of aryl methyl sites for hydroxylation is 1. The molecule has 2 heterocycles. The first-order valence-corrected chi connectivity index (χ1v) is 10.5. The maximum absolute atomic E-state index is 12.4. The highest BCUT2D eigenvalue weighted by molar-refractivity contribution is 7.99. The highest BCUT2D eigenvalue weighted by atomic mass is 32.2. The first kappa shape index (κ1) is 17.1. The van der Waals surface area contributed by atoms with Crippen LogP contribution in [0.2, 0.25) is 0 Å². The highest BCUT2D eigenvalue weighted by Gasteiger charge is 2.21. The molecule has 0 fully saturated rings. The molecular weight excluding hydrogens is 364 g/mol. The molecule has 132 valence electrons. The third-order valence-corrected chi connectivity index (χ3v) is 6.57. The number of carbonyl (C=O) groups is 1. The van der Waals surface area contributed by atoms with Crippen LogP contribution in [0.25, 0.3) is 11.0 Å². The molecule has 0 unspecified atom stereocenters. The lowest BCUT2D eigenvalue weighted by atomic mass is 10.1. The van der Waals surface area contributed by atoms with Crippen molar-refractivity contribution in [3.05, 3.63) is 40.3 Å². The zero-order chi connectivity index (χ0) is 17.9. The van der Waals surface area contributed by atoms with Crippen LogP contribution in [0.15, 0.2) is 29.4 Å². The number of thioether (sulfide) groups is 1. The van der Waals surface area contributed by atoms with Gasteiger partial charge in [-0.2, -0.15) is 5.26 Å². The molecule has 0 aliphatic heterocycles. The molecule has 5 nitrogen and oxygen atoms in total. The lowest BCUT2D eigenvalue weighted by molar-refractivity contribution is -0.113. The SMILES string of the molecule is N#Cc1c(NC(=O)CSc2nc3ccccc3[nH]2)sc2c1CCCCC2. The van der Waals surface area contributed by atoms with E-state index in [0.29, 0.717) is 10.6 Å². The van der Waals surface area contributed by atoms with Crippen molar-refractivity contribution in [1.82, 2.24) is 9.97 Å². The number of thiophene rings is 1. The van der Waals surface area contributed by atoms with Crippen LogP contribution in [0.5, 0.6) is 0 Å². The summed E-state index contributed by atoms with van der Waals surface area (Å²) in [5.74, 6) is 0.149. The van der Waals surface area contributed by atoms with E-state index in [0.717, 1.165) is 47.4 Å². The Morgan fingerprint density at radius 2 is 2.15 bits per heavy atom. The standard InChI is InChI=1S/C19H18N4OS2/c20-10-13-12-6-2-1-3-9-16(12)26-18(13)23-17(24)11-25-19-21-14-7-4-5-8-15(14)22-19/h4-5,7-8H,1-3,6,9,11H2,(H,21,22)(H,23,24). The van der Waals surface area contributed by atoms with Crippen LogP contribution < -0.4 is 5.32 Å². The molecule has 0 spiro atoms.